The molecule has 0 saturated heterocycles. The number of thiocarbonyl (C=S) groups is 1. The highest BCUT2D eigenvalue weighted by Crippen LogP contribution is 2.03. The molecule has 0 atom stereocenters. The van der Waals surface area contributed by atoms with Crippen LogP contribution in [0, 0.1) is 6.92 Å². The number of rotatable bonds is 3. The number of hydrogen-bond acceptors (Lipinski definition) is 4. The fraction of sp³-hybridized carbons (Fsp3) is 0.200. The van der Waals surface area contributed by atoms with Crippen LogP contribution >= 0.6 is 12.2 Å². The lowest BCUT2D eigenvalue weighted by Gasteiger charge is -2.01. The molecule has 6 heteroatoms. The molecule has 0 aliphatic heterocycles. The van der Waals surface area contributed by atoms with Crippen LogP contribution in [0.4, 0.5) is 0 Å². The molecule has 0 radical (unpaired) electrons. The smallest absolute Gasteiger partial charge is 0.208 e. The molecule has 82 valence electrons. The highest BCUT2D eigenvalue weighted by atomic mass is 32.1. The Hall–Kier alpha value is -1.82. The second kappa shape index (κ2) is 4.36. The van der Waals surface area contributed by atoms with Crippen molar-refractivity contribution in [2.24, 2.45) is 5.73 Å². The Kier molecular flexibility index (Phi) is 2.91. The molecule has 2 heterocycles. The molecule has 0 amide bonds. The summed E-state index contributed by atoms with van der Waals surface area (Å²) in [6, 6.07) is 2.05. The first-order valence-electron chi connectivity index (χ1n) is 4.75. The van der Waals surface area contributed by atoms with Crippen molar-refractivity contribution in [3.63, 3.8) is 0 Å². The van der Waals surface area contributed by atoms with Gasteiger partial charge < -0.3 is 5.73 Å². The lowest BCUT2D eigenvalue weighted by Crippen LogP contribution is -2.12. The van der Waals surface area contributed by atoms with Gasteiger partial charge in [0.25, 0.3) is 0 Å². The summed E-state index contributed by atoms with van der Waals surface area (Å²) in [6.45, 7) is 2.61. The molecule has 5 nitrogen and oxygen atoms in total. The minimum Gasteiger partial charge on any atom is -0.387 e. The Labute approximate surface area is 98.3 Å². The SMILES string of the molecule is Cc1cncc(Cn2cnc(C(N)=S)n2)c1. The molecule has 0 unspecified atom stereocenters. The topological polar surface area (TPSA) is 69.6 Å². The van der Waals surface area contributed by atoms with E-state index in [4.69, 9.17) is 18.0 Å². The maximum atomic E-state index is 5.43. The van der Waals surface area contributed by atoms with Gasteiger partial charge in [0.15, 0.2) is 0 Å². The van der Waals surface area contributed by atoms with Crippen molar-refractivity contribution in [1.82, 2.24) is 19.7 Å². The van der Waals surface area contributed by atoms with E-state index in [9.17, 15) is 0 Å². The summed E-state index contributed by atoms with van der Waals surface area (Å²) in [4.78, 5) is 8.32. The van der Waals surface area contributed by atoms with Crippen molar-refractivity contribution in [1.29, 1.82) is 0 Å². The summed E-state index contributed by atoms with van der Waals surface area (Å²) in [7, 11) is 0. The minimum atomic E-state index is 0.209. The van der Waals surface area contributed by atoms with E-state index in [2.05, 4.69) is 21.1 Å². The average Bonchev–Trinajstić information content (AvgIpc) is 2.66. The van der Waals surface area contributed by atoms with E-state index in [1.165, 1.54) is 0 Å². The Balaban J connectivity index is 2.17. The number of nitrogens with two attached hydrogens (primary N) is 1. The molecule has 0 fully saturated rings. The molecule has 2 N–H and O–H groups in total. The van der Waals surface area contributed by atoms with Gasteiger partial charge in [-0.15, -0.1) is 5.10 Å². The normalized spacial score (nSPS) is 10.3. The van der Waals surface area contributed by atoms with Crippen molar-refractivity contribution in [3.05, 3.63) is 41.7 Å². The molecular formula is C10H11N5S. The number of nitrogens with zero attached hydrogens (tertiary/aromatic N) is 4. The molecule has 0 aromatic carbocycles. The Morgan fingerprint density at radius 2 is 2.31 bits per heavy atom. The average molecular weight is 233 g/mol. The third-order valence-electron chi connectivity index (χ3n) is 2.03. The van der Waals surface area contributed by atoms with Gasteiger partial charge in [-0.2, -0.15) is 0 Å². The molecule has 16 heavy (non-hydrogen) atoms. The second-order valence-corrected chi connectivity index (χ2v) is 3.94. The zero-order valence-corrected chi connectivity index (χ0v) is 9.61. The van der Waals surface area contributed by atoms with Crippen LogP contribution in [0.1, 0.15) is 17.0 Å². The van der Waals surface area contributed by atoms with Crippen LogP contribution in [0.5, 0.6) is 0 Å². The summed E-state index contributed by atoms with van der Waals surface area (Å²) in [5, 5.41) is 4.15. The second-order valence-electron chi connectivity index (χ2n) is 3.50. The van der Waals surface area contributed by atoms with E-state index in [-0.39, 0.29) is 4.99 Å². The minimum absolute atomic E-state index is 0.209. The first kappa shape index (κ1) is 10.7. The first-order chi connectivity index (χ1) is 7.65. The number of hydrogen-bond donors (Lipinski definition) is 1. The van der Waals surface area contributed by atoms with Crippen molar-refractivity contribution in [3.8, 4) is 0 Å². The first-order valence-corrected chi connectivity index (χ1v) is 5.16. The van der Waals surface area contributed by atoms with Crippen LogP contribution in [0.15, 0.2) is 24.8 Å². The van der Waals surface area contributed by atoms with Crippen LogP contribution in [-0.2, 0) is 6.54 Å². The van der Waals surface area contributed by atoms with E-state index >= 15 is 0 Å². The van der Waals surface area contributed by atoms with Crippen molar-refractivity contribution >= 4 is 17.2 Å². The molecule has 0 spiro atoms. The zero-order chi connectivity index (χ0) is 11.5. The lowest BCUT2D eigenvalue weighted by atomic mass is 10.2. The molecule has 2 rings (SSSR count). The van der Waals surface area contributed by atoms with Crippen molar-refractivity contribution in [2.45, 2.75) is 13.5 Å². The molecule has 2 aromatic rings. The Morgan fingerprint density at radius 3 is 2.94 bits per heavy atom. The van der Waals surface area contributed by atoms with Gasteiger partial charge in [0.2, 0.25) is 5.82 Å². The van der Waals surface area contributed by atoms with E-state index < -0.39 is 0 Å². The van der Waals surface area contributed by atoms with Gasteiger partial charge in [-0.3, -0.25) is 4.98 Å². The highest BCUT2D eigenvalue weighted by Gasteiger charge is 2.03. The van der Waals surface area contributed by atoms with E-state index in [0.717, 1.165) is 11.1 Å². The van der Waals surface area contributed by atoms with Crippen LogP contribution in [0.25, 0.3) is 0 Å². The summed E-state index contributed by atoms with van der Waals surface area (Å²) >= 11 is 4.79. The molecule has 0 aliphatic rings. The van der Waals surface area contributed by atoms with E-state index in [1.807, 2.05) is 13.1 Å². The Bertz CT molecular complexity index is 519. The third kappa shape index (κ3) is 2.40. The van der Waals surface area contributed by atoms with Gasteiger partial charge in [-0.1, -0.05) is 18.3 Å². The standard InChI is InChI=1S/C10H11N5S/c1-7-2-8(4-12-3-7)5-15-6-13-10(14-15)9(11)16/h2-4,6H,5H2,1H3,(H2,11,16). The third-order valence-corrected chi connectivity index (χ3v) is 2.22. The maximum absolute atomic E-state index is 5.43. The zero-order valence-electron chi connectivity index (χ0n) is 8.79. The number of aryl methyl sites for hydroxylation is 1. The molecule has 2 aromatic heterocycles. The quantitative estimate of drug-likeness (QED) is 0.789. The predicted molar refractivity (Wildman–Crippen MR) is 64.0 cm³/mol. The van der Waals surface area contributed by atoms with Gasteiger partial charge in [0.05, 0.1) is 6.54 Å². The molecule has 0 bridgehead atoms. The predicted octanol–water partition coefficient (Wildman–Crippen LogP) is 0.664. The molecule has 0 saturated carbocycles. The van der Waals surface area contributed by atoms with E-state index in [1.54, 1.807) is 17.2 Å². The van der Waals surface area contributed by atoms with E-state index in [0.29, 0.717) is 12.4 Å². The fourth-order valence-corrected chi connectivity index (χ4v) is 1.47. The van der Waals surface area contributed by atoms with Gasteiger partial charge in [-0.05, 0) is 18.1 Å². The van der Waals surface area contributed by atoms with Crippen molar-refractivity contribution < 1.29 is 0 Å². The maximum Gasteiger partial charge on any atom is 0.208 e. The fourth-order valence-electron chi connectivity index (χ4n) is 1.37. The molecular weight excluding hydrogens is 222 g/mol. The summed E-state index contributed by atoms with van der Waals surface area (Å²) in [5.74, 6) is 0.399. The monoisotopic (exact) mass is 233 g/mol. The largest absolute Gasteiger partial charge is 0.387 e. The molecule has 0 aliphatic carbocycles. The Morgan fingerprint density at radius 1 is 1.50 bits per heavy atom. The van der Waals surface area contributed by atoms with Crippen LogP contribution in [-0.4, -0.2) is 24.7 Å². The van der Waals surface area contributed by atoms with Crippen molar-refractivity contribution in [2.75, 3.05) is 0 Å². The highest BCUT2D eigenvalue weighted by molar-refractivity contribution is 7.80. The summed E-state index contributed by atoms with van der Waals surface area (Å²) in [6.07, 6.45) is 5.22. The van der Waals surface area contributed by atoms with Crippen LogP contribution in [0.3, 0.4) is 0 Å². The van der Waals surface area contributed by atoms with Gasteiger partial charge in [-0.25, -0.2) is 9.67 Å². The van der Waals surface area contributed by atoms with Gasteiger partial charge in [0, 0.05) is 12.4 Å². The van der Waals surface area contributed by atoms with Gasteiger partial charge >= 0.3 is 0 Å². The van der Waals surface area contributed by atoms with Gasteiger partial charge in [0.1, 0.15) is 11.3 Å². The number of pyridine rings is 1. The van der Waals surface area contributed by atoms with Crippen LogP contribution in [0.2, 0.25) is 0 Å². The summed E-state index contributed by atoms with van der Waals surface area (Å²) < 4.78 is 1.69. The van der Waals surface area contributed by atoms with Crippen LogP contribution < -0.4 is 5.73 Å². The summed E-state index contributed by atoms with van der Waals surface area (Å²) in [5.41, 5.74) is 7.61. The lowest BCUT2D eigenvalue weighted by molar-refractivity contribution is 0.681. The number of aromatic nitrogens is 4.